The molecule has 0 atom stereocenters. The molecule has 2 amide bonds. The summed E-state index contributed by atoms with van der Waals surface area (Å²) in [5, 5.41) is 5.70. The van der Waals surface area contributed by atoms with Crippen LogP contribution in [0.25, 0.3) is 0 Å². The van der Waals surface area contributed by atoms with E-state index in [1.807, 2.05) is 55.5 Å². The van der Waals surface area contributed by atoms with Gasteiger partial charge in [0.15, 0.2) is 0 Å². The van der Waals surface area contributed by atoms with Crippen LogP contribution in [0.15, 0.2) is 53.0 Å². The second kappa shape index (κ2) is 9.34. The SMILES string of the molecule is Cc1ccccc1CNC(=O)CN(C)CC(=O)Nc1ccccc1Br. The number of nitrogens with zero attached hydrogens (tertiary/aromatic N) is 1. The van der Waals surface area contributed by atoms with E-state index in [2.05, 4.69) is 26.6 Å². The second-order valence-corrected chi connectivity index (χ2v) is 6.76. The van der Waals surface area contributed by atoms with Gasteiger partial charge in [0.2, 0.25) is 11.8 Å². The van der Waals surface area contributed by atoms with Crippen LogP contribution < -0.4 is 10.6 Å². The van der Waals surface area contributed by atoms with Crippen LogP contribution in [0.2, 0.25) is 0 Å². The summed E-state index contributed by atoms with van der Waals surface area (Å²) in [6.07, 6.45) is 0. The van der Waals surface area contributed by atoms with Crippen molar-refractivity contribution in [2.24, 2.45) is 0 Å². The number of aryl methyl sites for hydroxylation is 1. The van der Waals surface area contributed by atoms with Crippen LogP contribution in [0.5, 0.6) is 0 Å². The number of nitrogens with one attached hydrogen (secondary N) is 2. The number of para-hydroxylation sites is 1. The average Bonchev–Trinajstić information content (AvgIpc) is 2.56. The molecule has 0 aliphatic rings. The van der Waals surface area contributed by atoms with E-state index in [0.717, 1.165) is 15.6 Å². The number of carbonyl (C=O) groups is 2. The van der Waals surface area contributed by atoms with Crippen molar-refractivity contribution in [3.63, 3.8) is 0 Å². The van der Waals surface area contributed by atoms with E-state index < -0.39 is 0 Å². The monoisotopic (exact) mass is 403 g/mol. The molecule has 0 aliphatic heterocycles. The number of hydrogen-bond donors (Lipinski definition) is 2. The zero-order chi connectivity index (χ0) is 18.2. The molecule has 25 heavy (non-hydrogen) atoms. The third-order valence-electron chi connectivity index (χ3n) is 3.71. The van der Waals surface area contributed by atoms with E-state index in [1.54, 1.807) is 11.9 Å². The maximum atomic E-state index is 12.1. The van der Waals surface area contributed by atoms with Crippen LogP contribution in [0.4, 0.5) is 5.69 Å². The number of halogens is 1. The molecule has 0 saturated carbocycles. The van der Waals surface area contributed by atoms with Gasteiger partial charge in [-0.15, -0.1) is 0 Å². The first-order chi connectivity index (χ1) is 12.0. The summed E-state index contributed by atoms with van der Waals surface area (Å²) in [6.45, 7) is 2.80. The Morgan fingerprint density at radius 1 is 1.00 bits per heavy atom. The summed E-state index contributed by atoms with van der Waals surface area (Å²) in [4.78, 5) is 25.8. The number of rotatable bonds is 7. The van der Waals surface area contributed by atoms with Gasteiger partial charge in [0.05, 0.1) is 18.8 Å². The van der Waals surface area contributed by atoms with E-state index in [-0.39, 0.29) is 24.9 Å². The van der Waals surface area contributed by atoms with Crippen molar-refractivity contribution in [3.8, 4) is 0 Å². The molecule has 2 rings (SSSR count). The van der Waals surface area contributed by atoms with E-state index in [1.165, 1.54) is 0 Å². The fourth-order valence-corrected chi connectivity index (χ4v) is 2.74. The summed E-state index contributed by atoms with van der Waals surface area (Å²) >= 11 is 3.39. The zero-order valence-corrected chi connectivity index (χ0v) is 16.0. The summed E-state index contributed by atoms with van der Waals surface area (Å²) in [6, 6.07) is 15.3. The summed E-state index contributed by atoms with van der Waals surface area (Å²) in [5.41, 5.74) is 2.94. The highest BCUT2D eigenvalue weighted by molar-refractivity contribution is 9.10. The molecule has 0 bridgehead atoms. The van der Waals surface area contributed by atoms with Gasteiger partial charge in [-0.2, -0.15) is 0 Å². The van der Waals surface area contributed by atoms with Crippen molar-refractivity contribution >= 4 is 33.4 Å². The van der Waals surface area contributed by atoms with Crippen LogP contribution in [0.3, 0.4) is 0 Å². The first kappa shape index (κ1) is 19.1. The lowest BCUT2D eigenvalue weighted by Gasteiger charge is -2.16. The molecule has 0 saturated heterocycles. The smallest absolute Gasteiger partial charge is 0.238 e. The Bertz CT molecular complexity index is 749. The number of anilines is 1. The number of carbonyl (C=O) groups excluding carboxylic acids is 2. The minimum absolute atomic E-state index is 0.112. The van der Waals surface area contributed by atoms with Crippen molar-refractivity contribution in [2.45, 2.75) is 13.5 Å². The third-order valence-corrected chi connectivity index (χ3v) is 4.40. The minimum Gasteiger partial charge on any atom is -0.351 e. The topological polar surface area (TPSA) is 61.4 Å². The van der Waals surface area contributed by atoms with Gasteiger partial charge in [-0.25, -0.2) is 0 Å². The second-order valence-electron chi connectivity index (χ2n) is 5.90. The Labute approximate surface area is 156 Å². The Balaban J connectivity index is 1.76. The zero-order valence-electron chi connectivity index (χ0n) is 14.4. The molecular weight excluding hydrogens is 382 g/mol. The molecule has 0 heterocycles. The molecule has 0 radical (unpaired) electrons. The highest BCUT2D eigenvalue weighted by Crippen LogP contribution is 2.20. The molecule has 5 nitrogen and oxygen atoms in total. The van der Waals surface area contributed by atoms with Gasteiger partial charge in [0, 0.05) is 11.0 Å². The van der Waals surface area contributed by atoms with Crippen molar-refractivity contribution in [1.29, 1.82) is 0 Å². The third kappa shape index (κ3) is 6.32. The lowest BCUT2D eigenvalue weighted by Crippen LogP contribution is -2.38. The Morgan fingerprint density at radius 2 is 1.64 bits per heavy atom. The lowest BCUT2D eigenvalue weighted by atomic mass is 10.1. The normalized spacial score (nSPS) is 10.6. The van der Waals surface area contributed by atoms with Crippen LogP contribution >= 0.6 is 15.9 Å². The summed E-state index contributed by atoms with van der Waals surface area (Å²) in [7, 11) is 1.74. The fourth-order valence-electron chi connectivity index (χ4n) is 2.36. The van der Waals surface area contributed by atoms with Gasteiger partial charge < -0.3 is 10.6 Å². The molecule has 0 aliphatic carbocycles. The van der Waals surface area contributed by atoms with Gasteiger partial charge in [-0.05, 0) is 53.2 Å². The van der Waals surface area contributed by atoms with E-state index in [0.29, 0.717) is 12.2 Å². The molecule has 6 heteroatoms. The highest BCUT2D eigenvalue weighted by Gasteiger charge is 2.12. The van der Waals surface area contributed by atoms with Gasteiger partial charge in [0.25, 0.3) is 0 Å². The van der Waals surface area contributed by atoms with E-state index >= 15 is 0 Å². The molecule has 132 valence electrons. The maximum Gasteiger partial charge on any atom is 0.238 e. The van der Waals surface area contributed by atoms with E-state index in [4.69, 9.17) is 0 Å². The summed E-state index contributed by atoms with van der Waals surface area (Å²) in [5.74, 6) is -0.277. The molecule has 0 spiro atoms. The first-order valence-electron chi connectivity index (χ1n) is 8.00. The highest BCUT2D eigenvalue weighted by atomic mass is 79.9. The van der Waals surface area contributed by atoms with Crippen molar-refractivity contribution < 1.29 is 9.59 Å². The van der Waals surface area contributed by atoms with Gasteiger partial charge in [-0.3, -0.25) is 14.5 Å². The Kier molecular flexibility index (Phi) is 7.16. The van der Waals surface area contributed by atoms with Crippen LogP contribution in [-0.2, 0) is 16.1 Å². The van der Waals surface area contributed by atoms with Crippen molar-refractivity contribution in [1.82, 2.24) is 10.2 Å². The quantitative estimate of drug-likeness (QED) is 0.746. The first-order valence-corrected chi connectivity index (χ1v) is 8.79. The molecule has 2 aromatic rings. The largest absolute Gasteiger partial charge is 0.351 e. The van der Waals surface area contributed by atoms with Gasteiger partial charge in [-0.1, -0.05) is 36.4 Å². The lowest BCUT2D eigenvalue weighted by molar-refractivity contribution is -0.123. The van der Waals surface area contributed by atoms with Crippen LogP contribution in [-0.4, -0.2) is 36.9 Å². The number of amides is 2. The number of benzene rings is 2. The number of likely N-dealkylation sites (N-methyl/N-ethyl adjacent to an activating group) is 1. The van der Waals surface area contributed by atoms with Gasteiger partial charge in [0.1, 0.15) is 0 Å². The van der Waals surface area contributed by atoms with Crippen molar-refractivity contribution in [2.75, 3.05) is 25.5 Å². The molecular formula is C19H22BrN3O2. The standard InChI is InChI=1S/C19H22BrN3O2/c1-14-7-3-4-8-15(14)11-21-18(24)12-23(2)13-19(25)22-17-10-6-5-9-16(17)20/h3-10H,11-13H2,1-2H3,(H,21,24)(H,22,25). The Morgan fingerprint density at radius 3 is 2.36 bits per heavy atom. The van der Waals surface area contributed by atoms with Crippen molar-refractivity contribution in [3.05, 3.63) is 64.1 Å². The predicted octanol–water partition coefficient (Wildman–Crippen LogP) is 2.94. The van der Waals surface area contributed by atoms with Gasteiger partial charge >= 0.3 is 0 Å². The molecule has 0 aromatic heterocycles. The average molecular weight is 404 g/mol. The fraction of sp³-hybridized carbons (Fsp3) is 0.263. The van der Waals surface area contributed by atoms with Crippen LogP contribution in [0, 0.1) is 6.92 Å². The maximum absolute atomic E-state index is 12.1. The number of hydrogen-bond acceptors (Lipinski definition) is 3. The molecule has 2 aromatic carbocycles. The molecule has 0 unspecified atom stereocenters. The Hall–Kier alpha value is -2.18. The minimum atomic E-state index is -0.166. The summed E-state index contributed by atoms with van der Waals surface area (Å²) < 4.78 is 0.821. The van der Waals surface area contributed by atoms with E-state index in [9.17, 15) is 9.59 Å². The van der Waals surface area contributed by atoms with Crippen LogP contribution in [0.1, 0.15) is 11.1 Å². The predicted molar refractivity (Wildman–Crippen MR) is 103 cm³/mol. The molecule has 2 N–H and O–H groups in total. The molecule has 0 fully saturated rings.